The van der Waals surface area contributed by atoms with Gasteiger partial charge in [0.1, 0.15) is 5.82 Å². The van der Waals surface area contributed by atoms with E-state index in [4.69, 9.17) is 10.5 Å². The zero-order valence-corrected chi connectivity index (χ0v) is 11.3. The number of hydrogen-bond donors (Lipinski definition) is 1. The minimum atomic E-state index is -1.83. The highest BCUT2D eigenvalue weighted by Crippen LogP contribution is 2.34. The topological polar surface area (TPSA) is 35.2 Å². The second-order valence-electron chi connectivity index (χ2n) is 3.91. The van der Waals surface area contributed by atoms with Gasteiger partial charge in [0.25, 0.3) is 0 Å². The number of benzene rings is 1. The van der Waals surface area contributed by atoms with Gasteiger partial charge >= 0.3 is 0 Å². The fourth-order valence-electron chi connectivity index (χ4n) is 1.74. The molecule has 0 aliphatic heterocycles. The lowest BCUT2D eigenvalue weighted by Gasteiger charge is -2.25. The summed E-state index contributed by atoms with van der Waals surface area (Å²) in [5.74, 6) is -0.565. The number of rotatable bonds is 6. The summed E-state index contributed by atoms with van der Waals surface area (Å²) in [7, 11) is 1.40. The molecule has 1 aromatic carbocycles. The van der Waals surface area contributed by atoms with Crippen LogP contribution in [-0.4, -0.2) is 20.3 Å². The minimum Gasteiger partial charge on any atom is -0.381 e. The van der Waals surface area contributed by atoms with Crippen LogP contribution in [0, 0.1) is 5.82 Å². The van der Waals surface area contributed by atoms with Crippen molar-refractivity contribution in [3.63, 3.8) is 0 Å². The number of ether oxygens (including phenoxy) is 1. The molecule has 0 bridgehead atoms. The maximum absolute atomic E-state index is 14.7. The molecule has 0 heterocycles. The Hall–Kier alpha value is -0.520. The monoisotopic (exact) mass is 307 g/mol. The van der Waals surface area contributed by atoms with Crippen LogP contribution in [0.25, 0.3) is 0 Å². The van der Waals surface area contributed by atoms with E-state index in [0.717, 1.165) is 0 Å². The second kappa shape index (κ2) is 6.42. The van der Waals surface area contributed by atoms with Crippen molar-refractivity contribution in [3.05, 3.63) is 34.1 Å². The highest BCUT2D eigenvalue weighted by molar-refractivity contribution is 9.10. The number of nitrogens with two attached hydrogens (primary N) is 1. The summed E-state index contributed by atoms with van der Waals surface area (Å²) in [6.45, 7) is 0.186. The zero-order chi connectivity index (χ0) is 12.9. The Morgan fingerprint density at radius 3 is 2.76 bits per heavy atom. The zero-order valence-electron chi connectivity index (χ0n) is 9.68. The molecule has 0 spiro atoms. The number of alkyl halides is 1. The average molecular weight is 308 g/mol. The van der Waals surface area contributed by atoms with Gasteiger partial charge in [-0.1, -0.05) is 15.9 Å². The Morgan fingerprint density at radius 1 is 1.47 bits per heavy atom. The Bertz CT molecular complexity index is 376. The Balaban J connectivity index is 3.07. The van der Waals surface area contributed by atoms with E-state index >= 15 is 0 Å². The first-order chi connectivity index (χ1) is 8.03. The van der Waals surface area contributed by atoms with Crippen molar-refractivity contribution in [1.29, 1.82) is 0 Å². The summed E-state index contributed by atoms with van der Waals surface area (Å²) in [4.78, 5) is 0. The van der Waals surface area contributed by atoms with E-state index in [1.807, 2.05) is 0 Å². The van der Waals surface area contributed by atoms with Crippen LogP contribution in [0.4, 0.5) is 8.78 Å². The van der Waals surface area contributed by atoms with Gasteiger partial charge in [0.05, 0.1) is 6.61 Å². The molecule has 0 aliphatic carbocycles. The van der Waals surface area contributed by atoms with Gasteiger partial charge in [-0.3, -0.25) is 0 Å². The molecule has 1 unspecified atom stereocenters. The maximum atomic E-state index is 14.7. The minimum absolute atomic E-state index is 0.0159. The number of halogens is 3. The van der Waals surface area contributed by atoms with Crippen LogP contribution >= 0.6 is 15.9 Å². The number of methoxy groups -OCH3 is 1. The van der Waals surface area contributed by atoms with Crippen molar-refractivity contribution in [2.75, 3.05) is 20.3 Å². The van der Waals surface area contributed by atoms with Crippen LogP contribution in [0.1, 0.15) is 18.4 Å². The SMILES string of the molecule is COCC(F)(CCCN)c1cc(Br)ccc1F. The van der Waals surface area contributed by atoms with Crippen molar-refractivity contribution in [3.8, 4) is 0 Å². The predicted molar refractivity (Wildman–Crippen MR) is 67.1 cm³/mol. The third-order valence-electron chi connectivity index (χ3n) is 2.56. The normalized spacial score (nSPS) is 14.6. The van der Waals surface area contributed by atoms with Crippen LogP contribution < -0.4 is 5.73 Å². The molecular weight excluding hydrogens is 292 g/mol. The summed E-state index contributed by atoms with van der Waals surface area (Å²) in [5.41, 5.74) is 3.55. The van der Waals surface area contributed by atoms with Crippen molar-refractivity contribution < 1.29 is 13.5 Å². The van der Waals surface area contributed by atoms with Gasteiger partial charge in [-0.25, -0.2) is 8.78 Å². The first-order valence-corrected chi connectivity index (χ1v) is 6.16. The van der Waals surface area contributed by atoms with Crippen molar-refractivity contribution in [2.24, 2.45) is 5.73 Å². The lowest BCUT2D eigenvalue weighted by Crippen LogP contribution is -2.28. The van der Waals surface area contributed by atoms with Gasteiger partial charge in [0.2, 0.25) is 0 Å². The highest BCUT2D eigenvalue weighted by atomic mass is 79.9. The predicted octanol–water partition coefficient (Wildman–Crippen LogP) is 3.14. The molecule has 2 N–H and O–H groups in total. The van der Waals surface area contributed by atoms with Crippen molar-refractivity contribution in [1.82, 2.24) is 0 Å². The molecule has 0 aromatic heterocycles. The van der Waals surface area contributed by atoms with Crippen LogP contribution in [-0.2, 0) is 10.4 Å². The first-order valence-electron chi connectivity index (χ1n) is 5.37. The molecule has 0 amide bonds. The third kappa shape index (κ3) is 3.72. The molecule has 2 nitrogen and oxygen atoms in total. The lowest BCUT2D eigenvalue weighted by atomic mass is 9.91. The fourth-order valence-corrected chi connectivity index (χ4v) is 2.10. The quantitative estimate of drug-likeness (QED) is 0.876. The molecule has 0 aliphatic rings. The molecule has 0 fully saturated rings. The summed E-state index contributed by atoms with van der Waals surface area (Å²) < 4.78 is 33.9. The van der Waals surface area contributed by atoms with Crippen LogP contribution in [0.2, 0.25) is 0 Å². The van der Waals surface area contributed by atoms with E-state index in [9.17, 15) is 8.78 Å². The van der Waals surface area contributed by atoms with E-state index in [1.165, 1.54) is 25.3 Å². The second-order valence-corrected chi connectivity index (χ2v) is 4.83. The molecule has 1 rings (SSSR count). The van der Waals surface area contributed by atoms with Crippen LogP contribution in [0.5, 0.6) is 0 Å². The molecule has 1 atom stereocenters. The Labute approximate surface area is 108 Å². The molecule has 5 heteroatoms. The summed E-state index contributed by atoms with van der Waals surface area (Å²) >= 11 is 3.21. The maximum Gasteiger partial charge on any atom is 0.162 e. The summed E-state index contributed by atoms with van der Waals surface area (Å²) in [6.07, 6.45) is 0.622. The van der Waals surface area contributed by atoms with Crippen LogP contribution in [0.3, 0.4) is 0 Å². The molecule has 17 heavy (non-hydrogen) atoms. The molecular formula is C12H16BrF2NO. The van der Waals surface area contributed by atoms with Gasteiger partial charge in [-0.2, -0.15) is 0 Å². The van der Waals surface area contributed by atoms with Gasteiger partial charge in [-0.05, 0) is 37.6 Å². The van der Waals surface area contributed by atoms with Crippen molar-refractivity contribution in [2.45, 2.75) is 18.5 Å². The smallest absolute Gasteiger partial charge is 0.162 e. The molecule has 0 saturated heterocycles. The first kappa shape index (κ1) is 14.5. The number of hydrogen-bond acceptors (Lipinski definition) is 2. The molecule has 1 aromatic rings. The third-order valence-corrected chi connectivity index (χ3v) is 3.05. The van der Waals surface area contributed by atoms with Gasteiger partial charge < -0.3 is 10.5 Å². The lowest BCUT2D eigenvalue weighted by molar-refractivity contribution is 0.0277. The van der Waals surface area contributed by atoms with E-state index in [1.54, 1.807) is 0 Å². The fraction of sp³-hybridized carbons (Fsp3) is 0.500. The van der Waals surface area contributed by atoms with Crippen molar-refractivity contribution >= 4 is 15.9 Å². The van der Waals surface area contributed by atoms with Gasteiger partial charge in [0.15, 0.2) is 5.67 Å². The molecule has 96 valence electrons. The van der Waals surface area contributed by atoms with Crippen LogP contribution in [0.15, 0.2) is 22.7 Å². The van der Waals surface area contributed by atoms with E-state index in [0.29, 0.717) is 17.4 Å². The summed E-state index contributed by atoms with van der Waals surface area (Å²) in [6, 6.07) is 4.23. The molecule has 0 saturated carbocycles. The average Bonchev–Trinajstić information content (AvgIpc) is 2.30. The molecule has 0 radical (unpaired) electrons. The highest BCUT2D eigenvalue weighted by Gasteiger charge is 2.34. The van der Waals surface area contributed by atoms with E-state index < -0.39 is 11.5 Å². The largest absolute Gasteiger partial charge is 0.381 e. The van der Waals surface area contributed by atoms with E-state index in [2.05, 4.69) is 15.9 Å². The van der Waals surface area contributed by atoms with Gasteiger partial charge in [0, 0.05) is 17.1 Å². The summed E-state index contributed by atoms with van der Waals surface area (Å²) in [5, 5.41) is 0. The Kier molecular flexibility index (Phi) is 5.49. The van der Waals surface area contributed by atoms with Gasteiger partial charge in [-0.15, -0.1) is 0 Å². The standard InChI is InChI=1S/C12H16BrF2NO/c1-17-8-12(15,5-2-6-16)10-7-9(13)3-4-11(10)14/h3-4,7H,2,5-6,8,16H2,1H3. The Morgan fingerprint density at radius 2 is 2.18 bits per heavy atom. The van der Waals surface area contributed by atoms with E-state index in [-0.39, 0.29) is 18.6 Å².